The van der Waals surface area contributed by atoms with E-state index in [0.29, 0.717) is 31.6 Å². The van der Waals surface area contributed by atoms with Crippen LogP contribution in [-0.4, -0.2) is 194 Å². The fourth-order valence-corrected chi connectivity index (χ4v) is 8.51. The van der Waals surface area contributed by atoms with Gasteiger partial charge in [0.15, 0.2) is 18.7 Å². The molecule has 63 heavy (non-hydrogen) atoms. The number of hydrogen-bond acceptors (Lipinski definition) is 19. The standard InChI is InChI=1S/C41H64N2O19S/c1-20(47)43-29-36(62-40-33(52)32(51)30(49)25(17-44)59-40)31(50)26(18-45)58-39(29)61-35-27(19-46)60-41(34(53)37(35)57-24(38(54)55)16-22-6-3-2-4-7-22)56-23-11-9-21(10-12-23)13-14-42-28(48)8-5-15-63/h9-12,22,24-27,29-37,39-41,44-46,49-53,63H,2-8,13-19H2,1H3,(H,42,48)(H,43,47)(H,54,55)/t24-,25?,26?,27?,29?,30-,31-,32?,33?,34?,35-,36?,37?,39-,40-,41+/m0/s1. The first-order chi connectivity index (χ1) is 30.2. The van der Waals surface area contributed by atoms with Crippen molar-refractivity contribution in [2.75, 3.05) is 32.1 Å². The summed E-state index contributed by atoms with van der Waals surface area (Å²) < 4.78 is 42.1. The van der Waals surface area contributed by atoms with E-state index >= 15 is 0 Å². The molecule has 1 saturated carbocycles. The molecule has 22 heteroatoms. The summed E-state index contributed by atoms with van der Waals surface area (Å²) in [7, 11) is 0. The van der Waals surface area contributed by atoms with E-state index in [1.54, 1.807) is 24.3 Å². The van der Waals surface area contributed by atoms with Gasteiger partial charge in [0.1, 0.15) is 78.9 Å². The maximum absolute atomic E-state index is 12.8. The van der Waals surface area contributed by atoms with Crippen LogP contribution in [0, 0.1) is 5.92 Å². The van der Waals surface area contributed by atoms with Crippen molar-refractivity contribution in [2.45, 2.75) is 163 Å². The zero-order valence-corrected chi connectivity index (χ0v) is 36.0. The molecule has 0 radical (unpaired) electrons. The Balaban J connectivity index is 1.42. The highest BCUT2D eigenvalue weighted by molar-refractivity contribution is 7.80. The number of aliphatic hydroxyl groups excluding tert-OH is 8. The van der Waals surface area contributed by atoms with E-state index < -0.39 is 130 Å². The smallest absolute Gasteiger partial charge is 0.332 e. The Labute approximate surface area is 370 Å². The molecule has 1 aromatic carbocycles. The summed E-state index contributed by atoms with van der Waals surface area (Å²) in [4.78, 5) is 37.5. The van der Waals surface area contributed by atoms with E-state index in [4.69, 9.17) is 33.2 Å². The van der Waals surface area contributed by atoms with E-state index in [2.05, 4.69) is 23.3 Å². The molecule has 16 atom stereocenters. The van der Waals surface area contributed by atoms with Crippen molar-refractivity contribution in [1.82, 2.24) is 10.6 Å². The van der Waals surface area contributed by atoms with Crippen molar-refractivity contribution in [3.63, 3.8) is 0 Å². The minimum Gasteiger partial charge on any atom is -0.479 e. The second-order valence-corrected chi connectivity index (χ2v) is 16.9. The third-order valence-electron chi connectivity index (χ3n) is 11.8. The fourth-order valence-electron chi connectivity index (χ4n) is 8.35. The van der Waals surface area contributed by atoms with Gasteiger partial charge in [-0.2, -0.15) is 12.6 Å². The summed E-state index contributed by atoms with van der Waals surface area (Å²) in [5, 5.41) is 101. The topological polar surface area (TPSA) is 322 Å². The first-order valence-electron chi connectivity index (χ1n) is 21.5. The highest BCUT2D eigenvalue weighted by Crippen LogP contribution is 2.36. The van der Waals surface area contributed by atoms with Crippen molar-refractivity contribution in [3.8, 4) is 5.75 Å². The van der Waals surface area contributed by atoms with Gasteiger partial charge in [0.05, 0.1) is 19.8 Å². The number of ether oxygens (including phenoxy) is 7. The molecule has 1 aliphatic carbocycles. The molecule has 4 aliphatic rings. The number of aliphatic hydroxyl groups is 8. The number of benzene rings is 1. The van der Waals surface area contributed by atoms with Gasteiger partial charge in [-0.15, -0.1) is 0 Å². The molecule has 9 unspecified atom stereocenters. The van der Waals surface area contributed by atoms with Crippen molar-refractivity contribution >= 4 is 30.4 Å². The van der Waals surface area contributed by atoms with Gasteiger partial charge in [0, 0.05) is 19.9 Å². The summed E-state index contributed by atoms with van der Waals surface area (Å²) in [5.41, 5.74) is 0.859. The van der Waals surface area contributed by atoms with E-state index in [1.165, 1.54) is 0 Å². The quantitative estimate of drug-likeness (QED) is 0.0566. The maximum atomic E-state index is 12.8. The number of nitrogens with one attached hydrogen (secondary N) is 2. The number of carboxylic acid groups (broad SMARTS) is 1. The van der Waals surface area contributed by atoms with Gasteiger partial charge < -0.3 is 89.8 Å². The molecule has 3 aliphatic heterocycles. The summed E-state index contributed by atoms with van der Waals surface area (Å²) in [6, 6.07) is 5.14. The van der Waals surface area contributed by atoms with Crippen LogP contribution in [0.2, 0.25) is 0 Å². The van der Waals surface area contributed by atoms with Gasteiger partial charge >= 0.3 is 5.97 Å². The predicted octanol–water partition coefficient (Wildman–Crippen LogP) is -2.53. The molecule has 0 spiro atoms. The van der Waals surface area contributed by atoms with Gasteiger partial charge in [-0.3, -0.25) is 9.59 Å². The average molecular weight is 921 g/mol. The van der Waals surface area contributed by atoms with Crippen LogP contribution in [-0.2, 0) is 49.2 Å². The molecule has 21 nitrogen and oxygen atoms in total. The predicted molar refractivity (Wildman–Crippen MR) is 219 cm³/mol. The van der Waals surface area contributed by atoms with Crippen molar-refractivity contribution < 1.29 is 93.5 Å². The Morgan fingerprint density at radius 3 is 2.00 bits per heavy atom. The van der Waals surface area contributed by atoms with Crippen LogP contribution in [0.4, 0.5) is 0 Å². The highest BCUT2D eigenvalue weighted by Gasteiger charge is 2.55. The van der Waals surface area contributed by atoms with Crippen LogP contribution in [0.15, 0.2) is 24.3 Å². The van der Waals surface area contributed by atoms with E-state index in [-0.39, 0.29) is 24.0 Å². The van der Waals surface area contributed by atoms with Crippen LogP contribution in [0.3, 0.4) is 0 Å². The second-order valence-electron chi connectivity index (χ2n) is 16.4. The molecular formula is C41H64N2O19S. The number of rotatable bonds is 21. The molecule has 3 heterocycles. The van der Waals surface area contributed by atoms with Crippen LogP contribution in [0.25, 0.3) is 0 Å². The summed E-state index contributed by atoms with van der Waals surface area (Å²) in [6.45, 7) is -0.972. The highest BCUT2D eigenvalue weighted by atomic mass is 32.1. The third kappa shape index (κ3) is 13.6. The van der Waals surface area contributed by atoms with Gasteiger partial charge in [-0.05, 0) is 48.6 Å². The van der Waals surface area contributed by atoms with E-state index in [9.17, 15) is 60.3 Å². The zero-order chi connectivity index (χ0) is 45.8. The number of hydrogen-bond donors (Lipinski definition) is 12. The summed E-state index contributed by atoms with van der Waals surface area (Å²) in [5.74, 6) is -1.30. The largest absolute Gasteiger partial charge is 0.479 e. The minimum absolute atomic E-state index is 0.00489. The van der Waals surface area contributed by atoms with Crippen LogP contribution in [0.5, 0.6) is 5.75 Å². The molecule has 3 saturated heterocycles. The molecular weight excluding hydrogens is 857 g/mol. The second kappa shape index (κ2) is 24.7. The Morgan fingerprint density at radius 2 is 1.38 bits per heavy atom. The monoisotopic (exact) mass is 920 g/mol. The van der Waals surface area contributed by atoms with Crippen molar-refractivity contribution in [1.29, 1.82) is 0 Å². The SMILES string of the molecule is CC(=O)NC1C(O[C@@H]2OC(CO)[C@H](O)C(O)C2O)[C@@H](O)C(CO)O[C@H]1O[C@H]1C(CO)O[C@@H](Oc2ccc(CCNC(=O)CCCS)cc2)C(O)C1O[C@@H](CC1CCCCC1)C(=O)O. The maximum Gasteiger partial charge on any atom is 0.332 e. The lowest BCUT2D eigenvalue weighted by molar-refractivity contribution is -0.365. The normalized spacial score (nSPS) is 35.7. The molecule has 4 fully saturated rings. The third-order valence-corrected chi connectivity index (χ3v) is 12.1. The Hall–Kier alpha value is -2.78. The lowest BCUT2D eigenvalue weighted by atomic mass is 9.85. The summed E-state index contributed by atoms with van der Waals surface area (Å²) in [6.07, 6.45) is -19.1. The first kappa shape index (κ1) is 51.2. The molecule has 11 N–H and O–H groups in total. The lowest BCUT2D eigenvalue weighted by Gasteiger charge is -2.50. The summed E-state index contributed by atoms with van der Waals surface area (Å²) >= 11 is 4.12. The fraction of sp³-hybridized carbons (Fsp3) is 0.780. The molecule has 2 amide bonds. The number of carbonyl (C=O) groups is 3. The van der Waals surface area contributed by atoms with E-state index in [0.717, 1.165) is 44.6 Å². The van der Waals surface area contributed by atoms with Crippen molar-refractivity contribution in [3.05, 3.63) is 29.8 Å². The number of amides is 2. The molecule has 0 aromatic heterocycles. The molecule has 1 aromatic rings. The van der Waals surface area contributed by atoms with Crippen molar-refractivity contribution in [2.24, 2.45) is 5.92 Å². The Bertz CT molecular complexity index is 1570. The molecule has 358 valence electrons. The average Bonchev–Trinajstić information content (AvgIpc) is 3.27. The van der Waals surface area contributed by atoms with Gasteiger partial charge in [-0.1, -0.05) is 44.2 Å². The number of thiol groups is 1. The lowest BCUT2D eigenvalue weighted by Crippen LogP contribution is -2.70. The first-order valence-corrected chi connectivity index (χ1v) is 22.1. The number of carboxylic acids is 1. The Kier molecular flexibility index (Phi) is 20.0. The molecule has 5 rings (SSSR count). The van der Waals surface area contributed by atoms with Crippen LogP contribution < -0.4 is 15.4 Å². The van der Waals surface area contributed by atoms with Gasteiger partial charge in [0.2, 0.25) is 18.1 Å². The number of carbonyl (C=O) groups excluding carboxylic acids is 2. The molecule has 0 bridgehead atoms. The minimum atomic E-state index is -1.94. The Morgan fingerprint density at radius 1 is 0.762 bits per heavy atom. The number of aliphatic carboxylic acids is 1. The van der Waals surface area contributed by atoms with Crippen LogP contribution >= 0.6 is 12.6 Å². The van der Waals surface area contributed by atoms with E-state index in [1.807, 2.05) is 0 Å². The van der Waals surface area contributed by atoms with Gasteiger partial charge in [0.25, 0.3) is 0 Å². The van der Waals surface area contributed by atoms with Crippen LogP contribution in [0.1, 0.15) is 63.9 Å². The zero-order valence-electron chi connectivity index (χ0n) is 35.1. The van der Waals surface area contributed by atoms with Gasteiger partial charge in [-0.25, -0.2) is 4.79 Å².